The normalized spacial score (nSPS) is 19.6. The van der Waals surface area contributed by atoms with Crippen LogP contribution >= 0.6 is 0 Å². The Balaban J connectivity index is 2.72. The summed E-state index contributed by atoms with van der Waals surface area (Å²) in [5.41, 5.74) is 6.59. The van der Waals surface area contributed by atoms with Gasteiger partial charge in [0.05, 0.1) is 0 Å². The molecular weight excluding hydrogens is 232 g/mol. The van der Waals surface area contributed by atoms with E-state index in [9.17, 15) is 0 Å². The third kappa shape index (κ3) is 5.07. The Morgan fingerprint density at radius 1 is 1.05 bits per heavy atom. The summed E-state index contributed by atoms with van der Waals surface area (Å²) in [6.45, 7) is 12.7. The number of hydrogen-bond acceptors (Lipinski definition) is 2. The van der Waals surface area contributed by atoms with Crippen LogP contribution in [0.2, 0.25) is 0 Å². The summed E-state index contributed by atoms with van der Waals surface area (Å²) >= 11 is 0. The molecule has 114 valence electrons. The third-order valence-electron chi connectivity index (χ3n) is 4.94. The van der Waals surface area contributed by atoms with E-state index in [4.69, 9.17) is 5.73 Å². The van der Waals surface area contributed by atoms with Crippen LogP contribution < -0.4 is 5.73 Å². The van der Waals surface area contributed by atoms with Crippen LogP contribution in [0.5, 0.6) is 0 Å². The zero-order valence-corrected chi connectivity index (χ0v) is 13.8. The first-order chi connectivity index (χ1) is 9.06. The predicted molar refractivity (Wildman–Crippen MR) is 85.4 cm³/mol. The highest BCUT2D eigenvalue weighted by atomic mass is 15.2. The summed E-state index contributed by atoms with van der Waals surface area (Å²) in [6.07, 6.45) is 9.41. The van der Waals surface area contributed by atoms with Crippen LogP contribution in [0.1, 0.15) is 72.6 Å². The summed E-state index contributed by atoms with van der Waals surface area (Å²) in [5.74, 6) is 0.749. The summed E-state index contributed by atoms with van der Waals surface area (Å²) < 4.78 is 0. The van der Waals surface area contributed by atoms with Crippen molar-refractivity contribution in [1.29, 1.82) is 0 Å². The predicted octanol–water partition coefficient (Wildman–Crippen LogP) is 4.04. The van der Waals surface area contributed by atoms with Crippen molar-refractivity contribution in [3.63, 3.8) is 0 Å². The van der Waals surface area contributed by atoms with E-state index in [0.717, 1.165) is 18.5 Å². The minimum absolute atomic E-state index is 0.412. The molecule has 19 heavy (non-hydrogen) atoms. The molecule has 1 saturated carbocycles. The average molecular weight is 268 g/mol. The molecule has 0 radical (unpaired) electrons. The molecule has 0 aromatic heterocycles. The molecule has 0 bridgehead atoms. The number of nitrogens with zero attached hydrogens (tertiary/aromatic N) is 1. The molecule has 1 aliphatic rings. The maximum absolute atomic E-state index is 6.17. The molecule has 0 atom stereocenters. The number of rotatable bonds is 8. The van der Waals surface area contributed by atoms with Gasteiger partial charge in [-0.05, 0) is 43.6 Å². The second-order valence-electron chi connectivity index (χ2n) is 7.06. The van der Waals surface area contributed by atoms with E-state index in [0.29, 0.717) is 5.41 Å². The molecular formula is C17H36N2. The molecule has 0 saturated heterocycles. The maximum atomic E-state index is 6.17. The molecule has 0 spiro atoms. The fourth-order valence-corrected chi connectivity index (χ4v) is 3.78. The van der Waals surface area contributed by atoms with Crippen molar-refractivity contribution in [2.75, 3.05) is 19.6 Å². The summed E-state index contributed by atoms with van der Waals surface area (Å²) in [5, 5.41) is 0. The molecule has 0 aliphatic heterocycles. The van der Waals surface area contributed by atoms with E-state index in [1.54, 1.807) is 0 Å². The molecule has 0 amide bonds. The van der Waals surface area contributed by atoms with Crippen LogP contribution in [0.25, 0.3) is 0 Å². The van der Waals surface area contributed by atoms with Crippen LogP contribution in [0, 0.1) is 11.3 Å². The second kappa shape index (κ2) is 8.26. The van der Waals surface area contributed by atoms with Gasteiger partial charge >= 0.3 is 0 Å². The lowest BCUT2D eigenvalue weighted by atomic mass is 9.73. The Morgan fingerprint density at radius 2 is 1.63 bits per heavy atom. The lowest BCUT2D eigenvalue weighted by molar-refractivity contribution is 0.0686. The van der Waals surface area contributed by atoms with Crippen LogP contribution in [-0.4, -0.2) is 30.6 Å². The van der Waals surface area contributed by atoms with E-state index in [2.05, 4.69) is 32.6 Å². The van der Waals surface area contributed by atoms with Gasteiger partial charge in [-0.2, -0.15) is 0 Å². The molecule has 1 fully saturated rings. The first-order valence-electron chi connectivity index (χ1n) is 8.51. The minimum atomic E-state index is 0.412. The van der Waals surface area contributed by atoms with E-state index < -0.39 is 0 Å². The van der Waals surface area contributed by atoms with Gasteiger partial charge in [-0.3, -0.25) is 4.90 Å². The van der Waals surface area contributed by atoms with Gasteiger partial charge in [-0.1, -0.05) is 47.0 Å². The van der Waals surface area contributed by atoms with Gasteiger partial charge in [-0.15, -0.1) is 0 Å². The largest absolute Gasteiger partial charge is 0.330 e. The van der Waals surface area contributed by atoms with Gasteiger partial charge in [0.1, 0.15) is 0 Å². The Morgan fingerprint density at radius 3 is 2.05 bits per heavy atom. The van der Waals surface area contributed by atoms with E-state index in [1.165, 1.54) is 58.0 Å². The lowest BCUT2D eigenvalue weighted by Gasteiger charge is -2.43. The molecule has 0 aromatic carbocycles. The van der Waals surface area contributed by atoms with Crippen molar-refractivity contribution in [3.05, 3.63) is 0 Å². The van der Waals surface area contributed by atoms with Crippen molar-refractivity contribution in [1.82, 2.24) is 4.90 Å². The van der Waals surface area contributed by atoms with Gasteiger partial charge in [-0.25, -0.2) is 0 Å². The van der Waals surface area contributed by atoms with Gasteiger partial charge in [0.15, 0.2) is 0 Å². The molecule has 0 heterocycles. The Kier molecular flexibility index (Phi) is 7.38. The Labute approximate surface area is 121 Å². The molecule has 1 aliphatic carbocycles. The molecule has 0 unspecified atom stereocenters. The Bertz CT molecular complexity index is 227. The number of nitrogens with two attached hydrogens (primary N) is 1. The van der Waals surface area contributed by atoms with E-state index in [1.807, 2.05) is 0 Å². The van der Waals surface area contributed by atoms with Gasteiger partial charge in [0.2, 0.25) is 0 Å². The third-order valence-corrected chi connectivity index (χ3v) is 4.94. The maximum Gasteiger partial charge on any atom is 0.00903 e. The van der Waals surface area contributed by atoms with Crippen molar-refractivity contribution >= 4 is 0 Å². The van der Waals surface area contributed by atoms with E-state index >= 15 is 0 Å². The minimum Gasteiger partial charge on any atom is -0.330 e. The SMILES string of the molecule is CCC(CC)N(CC(C)C)CC1(CN)CCCCC1. The van der Waals surface area contributed by atoms with Crippen LogP contribution in [0.3, 0.4) is 0 Å². The summed E-state index contributed by atoms with van der Waals surface area (Å²) in [7, 11) is 0. The number of hydrogen-bond donors (Lipinski definition) is 1. The highest BCUT2D eigenvalue weighted by Gasteiger charge is 2.34. The summed E-state index contributed by atoms with van der Waals surface area (Å²) in [4.78, 5) is 2.75. The highest BCUT2D eigenvalue weighted by Crippen LogP contribution is 2.37. The van der Waals surface area contributed by atoms with Gasteiger partial charge in [0, 0.05) is 19.1 Å². The van der Waals surface area contributed by atoms with Gasteiger partial charge in [0.25, 0.3) is 0 Å². The standard InChI is InChI=1S/C17H36N2/c1-5-16(6-2)19(12-15(3)4)14-17(13-18)10-8-7-9-11-17/h15-16H,5-14,18H2,1-4H3. The lowest BCUT2D eigenvalue weighted by Crippen LogP contribution is -2.48. The zero-order chi connectivity index (χ0) is 14.3. The van der Waals surface area contributed by atoms with E-state index in [-0.39, 0.29) is 0 Å². The monoisotopic (exact) mass is 268 g/mol. The first kappa shape index (κ1) is 17.0. The highest BCUT2D eigenvalue weighted by molar-refractivity contribution is 4.88. The van der Waals surface area contributed by atoms with Crippen LogP contribution in [-0.2, 0) is 0 Å². The Hall–Kier alpha value is -0.0800. The fraction of sp³-hybridized carbons (Fsp3) is 1.00. The molecule has 2 nitrogen and oxygen atoms in total. The van der Waals surface area contributed by atoms with Crippen molar-refractivity contribution < 1.29 is 0 Å². The molecule has 0 aromatic rings. The average Bonchev–Trinajstić information content (AvgIpc) is 2.40. The van der Waals surface area contributed by atoms with Crippen molar-refractivity contribution in [3.8, 4) is 0 Å². The van der Waals surface area contributed by atoms with Gasteiger partial charge < -0.3 is 5.73 Å². The zero-order valence-electron chi connectivity index (χ0n) is 13.8. The fourth-order valence-electron chi connectivity index (χ4n) is 3.78. The first-order valence-corrected chi connectivity index (χ1v) is 8.51. The van der Waals surface area contributed by atoms with Crippen molar-refractivity contribution in [2.45, 2.75) is 78.7 Å². The van der Waals surface area contributed by atoms with Crippen LogP contribution in [0.15, 0.2) is 0 Å². The molecule has 2 heteroatoms. The van der Waals surface area contributed by atoms with Crippen molar-refractivity contribution in [2.24, 2.45) is 17.1 Å². The quantitative estimate of drug-likeness (QED) is 0.720. The second-order valence-corrected chi connectivity index (χ2v) is 7.06. The molecule has 2 N–H and O–H groups in total. The molecule has 1 rings (SSSR count). The smallest absolute Gasteiger partial charge is 0.00903 e. The van der Waals surface area contributed by atoms with Crippen LogP contribution in [0.4, 0.5) is 0 Å². The topological polar surface area (TPSA) is 29.3 Å². The summed E-state index contributed by atoms with van der Waals surface area (Å²) in [6, 6.07) is 0.743.